The fourth-order valence-electron chi connectivity index (χ4n) is 2.37. The predicted octanol–water partition coefficient (Wildman–Crippen LogP) is -0.0767. The number of piperidine rings is 1. The van der Waals surface area contributed by atoms with E-state index in [4.69, 9.17) is 5.73 Å². The van der Waals surface area contributed by atoms with Crippen molar-refractivity contribution >= 4 is 11.7 Å². The van der Waals surface area contributed by atoms with Gasteiger partial charge in [-0.1, -0.05) is 0 Å². The molecular weight excluding hydrogens is 230 g/mol. The number of hydrogen-bond acceptors (Lipinski definition) is 4. The molecule has 2 heterocycles. The molecule has 1 unspecified atom stereocenters. The van der Waals surface area contributed by atoms with Gasteiger partial charge in [-0.25, -0.2) is 0 Å². The maximum atomic E-state index is 11.7. The minimum absolute atomic E-state index is 0.00803. The third-order valence-electron chi connectivity index (χ3n) is 3.28. The summed E-state index contributed by atoms with van der Waals surface area (Å²) < 4.78 is 1.55. The van der Waals surface area contributed by atoms with Crippen LogP contribution in [0, 0.1) is 5.92 Å². The number of carbonyl (C=O) groups is 1. The summed E-state index contributed by atoms with van der Waals surface area (Å²) in [7, 11) is 2.13. The molecule has 1 atom stereocenters. The van der Waals surface area contributed by atoms with Crippen molar-refractivity contribution in [2.24, 2.45) is 5.92 Å². The van der Waals surface area contributed by atoms with E-state index in [1.165, 1.54) is 12.8 Å². The van der Waals surface area contributed by atoms with E-state index >= 15 is 0 Å². The SMILES string of the molecule is CN1CCCC(CNC(=O)Cn2ccc(N)n2)C1. The summed E-state index contributed by atoms with van der Waals surface area (Å²) in [6.45, 7) is 3.21. The topological polar surface area (TPSA) is 76.2 Å². The number of nitrogens with two attached hydrogens (primary N) is 1. The first-order valence-electron chi connectivity index (χ1n) is 6.37. The largest absolute Gasteiger partial charge is 0.382 e. The van der Waals surface area contributed by atoms with Crippen molar-refractivity contribution in [3.8, 4) is 0 Å². The quantitative estimate of drug-likeness (QED) is 0.785. The van der Waals surface area contributed by atoms with E-state index in [0.29, 0.717) is 11.7 Å². The van der Waals surface area contributed by atoms with Gasteiger partial charge < -0.3 is 16.0 Å². The maximum absolute atomic E-state index is 11.7. The fraction of sp³-hybridized carbons (Fsp3) is 0.667. The Morgan fingerprint density at radius 1 is 1.67 bits per heavy atom. The van der Waals surface area contributed by atoms with Crippen LogP contribution in [0.2, 0.25) is 0 Å². The van der Waals surface area contributed by atoms with Crippen LogP contribution in [-0.4, -0.2) is 47.3 Å². The molecule has 3 N–H and O–H groups in total. The number of hydrogen-bond donors (Lipinski definition) is 2. The van der Waals surface area contributed by atoms with Crippen LogP contribution in [0.4, 0.5) is 5.82 Å². The molecule has 2 rings (SSSR count). The Morgan fingerprint density at radius 2 is 2.50 bits per heavy atom. The summed E-state index contributed by atoms with van der Waals surface area (Å²) in [6.07, 6.45) is 4.12. The van der Waals surface area contributed by atoms with Gasteiger partial charge in [0.25, 0.3) is 0 Å². The van der Waals surface area contributed by atoms with Crippen molar-refractivity contribution in [1.29, 1.82) is 0 Å². The molecular formula is C12H21N5O. The molecule has 6 nitrogen and oxygen atoms in total. The zero-order chi connectivity index (χ0) is 13.0. The molecule has 0 aromatic carbocycles. The van der Waals surface area contributed by atoms with Crippen LogP contribution >= 0.6 is 0 Å². The lowest BCUT2D eigenvalue weighted by atomic mass is 9.98. The number of likely N-dealkylation sites (tertiary alicyclic amines) is 1. The smallest absolute Gasteiger partial charge is 0.241 e. The third-order valence-corrected chi connectivity index (χ3v) is 3.28. The van der Waals surface area contributed by atoms with Gasteiger partial charge >= 0.3 is 0 Å². The number of nitrogens with one attached hydrogen (secondary N) is 1. The van der Waals surface area contributed by atoms with E-state index in [1.54, 1.807) is 16.9 Å². The maximum Gasteiger partial charge on any atom is 0.241 e. The number of anilines is 1. The van der Waals surface area contributed by atoms with Gasteiger partial charge in [-0.3, -0.25) is 9.48 Å². The first kappa shape index (κ1) is 12.9. The molecule has 1 saturated heterocycles. The molecule has 0 saturated carbocycles. The van der Waals surface area contributed by atoms with E-state index in [-0.39, 0.29) is 12.5 Å². The summed E-state index contributed by atoms with van der Waals surface area (Å²) in [5, 5.41) is 6.95. The summed E-state index contributed by atoms with van der Waals surface area (Å²) in [5.74, 6) is 0.999. The van der Waals surface area contributed by atoms with Gasteiger partial charge in [0.2, 0.25) is 5.91 Å². The highest BCUT2D eigenvalue weighted by atomic mass is 16.2. The second-order valence-corrected chi connectivity index (χ2v) is 5.01. The first-order chi connectivity index (χ1) is 8.63. The van der Waals surface area contributed by atoms with E-state index in [2.05, 4.69) is 22.4 Å². The minimum atomic E-state index is -0.00803. The van der Waals surface area contributed by atoms with Crippen LogP contribution in [0.25, 0.3) is 0 Å². The van der Waals surface area contributed by atoms with Crippen LogP contribution in [0.15, 0.2) is 12.3 Å². The van der Waals surface area contributed by atoms with Crippen LogP contribution in [0.3, 0.4) is 0 Å². The third kappa shape index (κ3) is 3.73. The highest BCUT2D eigenvalue weighted by Gasteiger charge is 2.17. The summed E-state index contributed by atoms with van der Waals surface area (Å²) in [4.78, 5) is 14.0. The van der Waals surface area contributed by atoms with Crippen LogP contribution in [-0.2, 0) is 11.3 Å². The highest BCUT2D eigenvalue weighted by molar-refractivity contribution is 5.75. The molecule has 18 heavy (non-hydrogen) atoms. The van der Waals surface area contributed by atoms with E-state index < -0.39 is 0 Å². The van der Waals surface area contributed by atoms with Crippen molar-refractivity contribution in [2.75, 3.05) is 32.4 Å². The molecule has 100 valence electrons. The second kappa shape index (κ2) is 5.86. The minimum Gasteiger partial charge on any atom is -0.382 e. The second-order valence-electron chi connectivity index (χ2n) is 5.01. The molecule has 1 aromatic heterocycles. The fourth-order valence-corrected chi connectivity index (χ4v) is 2.37. The molecule has 0 radical (unpaired) electrons. The number of carbonyl (C=O) groups excluding carboxylic acids is 1. The average Bonchev–Trinajstić information content (AvgIpc) is 2.72. The van der Waals surface area contributed by atoms with Crippen molar-refractivity contribution in [1.82, 2.24) is 20.0 Å². The first-order valence-corrected chi connectivity index (χ1v) is 6.37. The molecule has 0 spiro atoms. The molecule has 0 aliphatic carbocycles. The van der Waals surface area contributed by atoms with Gasteiger partial charge in [-0.15, -0.1) is 0 Å². The Kier molecular flexibility index (Phi) is 4.19. The van der Waals surface area contributed by atoms with Crippen molar-refractivity contribution in [2.45, 2.75) is 19.4 Å². The normalized spacial score (nSPS) is 20.8. The van der Waals surface area contributed by atoms with E-state index in [9.17, 15) is 4.79 Å². The monoisotopic (exact) mass is 251 g/mol. The zero-order valence-corrected chi connectivity index (χ0v) is 10.8. The summed E-state index contributed by atoms with van der Waals surface area (Å²) >= 11 is 0. The number of aromatic nitrogens is 2. The van der Waals surface area contributed by atoms with Gasteiger partial charge in [-0.2, -0.15) is 5.10 Å². The van der Waals surface area contributed by atoms with Gasteiger partial charge in [0.05, 0.1) is 0 Å². The number of nitrogens with zero attached hydrogens (tertiary/aromatic N) is 3. The Morgan fingerprint density at radius 3 is 3.17 bits per heavy atom. The predicted molar refractivity (Wildman–Crippen MR) is 69.9 cm³/mol. The summed E-state index contributed by atoms with van der Waals surface area (Å²) in [5.41, 5.74) is 5.49. The van der Waals surface area contributed by atoms with Gasteiger partial charge in [0.15, 0.2) is 0 Å². The highest BCUT2D eigenvalue weighted by Crippen LogP contribution is 2.13. The molecule has 6 heteroatoms. The number of amides is 1. The molecule has 1 aliphatic rings. The van der Waals surface area contributed by atoms with Crippen LogP contribution in [0.1, 0.15) is 12.8 Å². The Balaban J connectivity index is 1.71. The van der Waals surface area contributed by atoms with Crippen molar-refractivity contribution in [3.63, 3.8) is 0 Å². The molecule has 1 amide bonds. The Hall–Kier alpha value is -1.56. The summed E-state index contributed by atoms with van der Waals surface area (Å²) in [6, 6.07) is 1.68. The number of rotatable bonds is 4. The lowest BCUT2D eigenvalue weighted by Crippen LogP contribution is -2.39. The average molecular weight is 251 g/mol. The zero-order valence-electron chi connectivity index (χ0n) is 10.8. The van der Waals surface area contributed by atoms with Gasteiger partial charge in [0, 0.05) is 19.3 Å². The van der Waals surface area contributed by atoms with Gasteiger partial charge in [0.1, 0.15) is 12.4 Å². The Labute approximate surface area is 107 Å². The standard InChI is InChI=1S/C12H21N5O/c1-16-5-2-3-10(8-16)7-14-12(18)9-17-6-4-11(13)15-17/h4,6,10H,2-3,5,7-9H2,1H3,(H2,13,15)(H,14,18). The molecule has 1 aliphatic heterocycles. The van der Waals surface area contributed by atoms with E-state index in [1.807, 2.05) is 0 Å². The lowest BCUT2D eigenvalue weighted by Gasteiger charge is -2.29. The molecule has 0 bridgehead atoms. The van der Waals surface area contributed by atoms with E-state index in [0.717, 1.165) is 19.6 Å². The van der Waals surface area contributed by atoms with Crippen molar-refractivity contribution in [3.05, 3.63) is 12.3 Å². The van der Waals surface area contributed by atoms with Crippen LogP contribution in [0.5, 0.6) is 0 Å². The molecule has 1 fully saturated rings. The lowest BCUT2D eigenvalue weighted by molar-refractivity contribution is -0.122. The number of nitrogen functional groups attached to an aromatic ring is 1. The van der Waals surface area contributed by atoms with Crippen molar-refractivity contribution < 1.29 is 4.79 Å². The van der Waals surface area contributed by atoms with Gasteiger partial charge in [-0.05, 0) is 38.4 Å². The van der Waals surface area contributed by atoms with Crippen LogP contribution < -0.4 is 11.1 Å². The molecule has 1 aromatic rings. The Bertz CT molecular complexity index is 403.